The second kappa shape index (κ2) is 9.73. The quantitative estimate of drug-likeness (QED) is 0.604. The van der Waals surface area contributed by atoms with Crippen molar-refractivity contribution in [3.8, 4) is 17.3 Å². The van der Waals surface area contributed by atoms with Crippen molar-refractivity contribution in [3.05, 3.63) is 65.6 Å². The van der Waals surface area contributed by atoms with Crippen molar-refractivity contribution in [1.82, 2.24) is 20.1 Å². The van der Waals surface area contributed by atoms with Gasteiger partial charge < -0.3 is 14.8 Å². The molecule has 7 nitrogen and oxygen atoms in total. The van der Waals surface area contributed by atoms with Gasteiger partial charge in [0, 0.05) is 18.4 Å². The molecule has 2 heterocycles. The molecule has 3 rings (SSSR count). The zero-order valence-corrected chi connectivity index (χ0v) is 17.0. The smallest absolute Gasteiger partial charge is 0.257 e. The molecule has 0 aliphatic rings. The normalized spacial score (nSPS) is 10.6. The Kier molecular flexibility index (Phi) is 6.84. The van der Waals surface area contributed by atoms with Crippen LogP contribution in [0.4, 0.5) is 0 Å². The summed E-state index contributed by atoms with van der Waals surface area (Å²) in [5.74, 6) is 2.03. The molecule has 3 aromatic rings. The van der Waals surface area contributed by atoms with Gasteiger partial charge in [0.2, 0.25) is 0 Å². The zero-order chi connectivity index (χ0) is 20.6. The highest BCUT2D eigenvalue weighted by Crippen LogP contribution is 2.18. The predicted octanol–water partition coefficient (Wildman–Crippen LogP) is 3.02. The molecule has 0 radical (unpaired) electrons. The summed E-state index contributed by atoms with van der Waals surface area (Å²) >= 11 is 0. The number of ether oxygens (including phenoxy) is 2. The number of aryl methyl sites for hydroxylation is 1. The van der Waals surface area contributed by atoms with E-state index < -0.39 is 0 Å². The van der Waals surface area contributed by atoms with Gasteiger partial charge in [0.15, 0.2) is 12.4 Å². The molecule has 7 heteroatoms. The van der Waals surface area contributed by atoms with E-state index in [-0.39, 0.29) is 12.5 Å². The number of nitrogens with zero attached hydrogens (tertiary/aromatic N) is 3. The second-order valence-corrected chi connectivity index (χ2v) is 6.54. The number of carbonyl (C=O) groups excluding carboxylic acids is 1. The first-order valence-corrected chi connectivity index (χ1v) is 9.67. The minimum absolute atomic E-state index is 0.0286. The molecule has 1 amide bonds. The van der Waals surface area contributed by atoms with Gasteiger partial charge in [0.25, 0.3) is 5.91 Å². The van der Waals surface area contributed by atoms with Crippen LogP contribution in [0.15, 0.2) is 48.7 Å². The molecule has 0 aliphatic carbocycles. The number of pyridine rings is 1. The fourth-order valence-electron chi connectivity index (χ4n) is 3.06. The third-order valence-electron chi connectivity index (χ3n) is 4.51. The topological polar surface area (TPSA) is 78.3 Å². The minimum atomic E-state index is -0.161. The van der Waals surface area contributed by atoms with E-state index in [1.165, 1.54) is 0 Å². The summed E-state index contributed by atoms with van der Waals surface area (Å²) in [5, 5.41) is 7.48. The van der Waals surface area contributed by atoms with Gasteiger partial charge in [0.05, 0.1) is 12.3 Å². The molecule has 152 valence electrons. The van der Waals surface area contributed by atoms with Crippen LogP contribution in [-0.2, 0) is 11.2 Å². The SMILES string of the molecule is CCOc1ccc(OCC(=O)NCCc2c(C)nn(-c3ccccn3)c2C)cc1. The number of rotatable bonds is 9. The number of benzene rings is 1. The van der Waals surface area contributed by atoms with Gasteiger partial charge in [-0.3, -0.25) is 4.79 Å². The third kappa shape index (κ3) is 5.34. The number of carbonyl (C=O) groups is 1. The van der Waals surface area contributed by atoms with E-state index in [0.29, 0.717) is 25.3 Å². The summed E-state index contributed by atoms with van der Waals surface area (Å²) in [6, 6.07) is 12.9. The fourth-order valence-corrected chi connectivity index (χ4v) is 3.06. The number of aromatic nitrogens is 3. The molecule has 1 aromatic carbocycles. The Morgan fingerprint density at radius 2 is 1.79 bits per heavy atom. The Labute approximate surface area is 170 Å². The van der Waals surface area contributed by atoms with E-state index in [0.717, 1.165) is 28.5 Å². The summed E-state index contributed by atoms with van der Waals surface area (Å²) in [7, 11) is 0. The van der Waals surface area contributed by atoms with Crippen LogP contribution in [0.3, 0.4) is 0 Å². The highest BCUT2D eigenvalue weighted by atomic mass is 16.5. The Morgan fingerprint density at radius 1 is 1.07 bits per heavy atom. The summed E-state index contributed by atoms with van der Waals surface area (Å²) in [6.45, 7) is 7.02. The largest absolute Gasteiger partial charge is 0.494 e. The van der Waals surface area contributed by atoms with Gasteiger partial charge >= 0.3 is 0 Å². The van der Waals surface area contributed by atoms with E-state index in [9.17, 15) is 4.79 Å². The highest BCUT2D eigenvalue weighted by Gasteiger charge is 2.13. The number of nitrogens with one attached hydrogen (secondary N) is 1. The maximum absolute atomic E-state index is 12.1. The Bertz CT molecular complexity index is 937. The number of hydrogen-bond donors (Lipinski definition) is 1. The van der Waals surface area contributed by atoms with Crippen LogP contribution in [0, 0.1) is 13.8 Å². The van der Waals surface area contributed by atoms with E-state index in [4.69, 9.17) is 9.47 Å². The first-order valence-electron chi connectivity index (χ1n) is 9.67. The van der Waals surface area contributed by atoms with Gasteiger partial charge in [-0.2, -0.15) is 5.10 Å². The summed E-state index contributed by atoms with van der Waals surface area (Å²) in [5.41, 5.74) is 3.08. The lowest BCUT2D eigenvalue weighted by molar-refractivity contribution is -0.123. The van der Waals surface area contributed by atoms with Crippen molar-refractivity contribution < 1.29 is 14.3 Å². The first kappa shape index (κ1) is 20.4. The lowest BCUT2D eigenvalue weighted by Crippen LogP contribution is -2.30. The molecule has 0 bridgehead atoms. The molecule has 0 saturated carbocycles. The highest BCUT2D eigenvalue weighted by molar-refractivity contribution is 5.77. The van der Waals surface area contributed by atoms with Crippen LogP contribution in [-0.4, -0.2) is 40.4 Å². The van der Waals surface area contributed by atoms with Crippen LogP contribution < -0.4 is 14.8 Å². The van der Waals surface area contributed by atoms with Gasteiger partial charge in [-0.1, -0.05) is 6.07 Å². The van der Waals surface area contributed by atoms with Crippen molar-refractivity contribution in [3.63, 3.8) is 0 Å². The standard InChI is InChI=1S/C22H26N4O3/c1-4-28-18-8-10-19(11-9-18)29-15-22(27)24-14-12-20-16(2)25-26(17(20)3)21-7-5-6-13-23-21/h5-11,13H,4,12,14-15H2,1-3H3,(H,24,27). The van der Waals surface area contributed by atoms with E-state index >= 15 is 0 Å². The van der Waals surface area contributed by atoms with Crippen molar-refractivity contribution in [2.75, 3.05) is 19.8 Å². The summed E-state index contributed by atoms with van der Waals surface area (Å²) in [4.78, 5) is 16.4. The lowest BCUT2D eigenvalue weighted by Gasteiger charge is -2.09. The molecule has 0 atom stereocenters. The van der Waals surface area contributed by atoms with E-state index in [1.54, 1.807) is 18.3 Å². The predicted molar refractivity (Wildman–Crippen MR) is 111 cm³/mol. The molecule has 0 spiro atoms. The number of amides is 1. The van der Waals surface area contributed by atoms with Crippen LogP contribution in [0.2, 0.25) is 0 Å². The zero-order valence-electron chi connectivity index (χ0n) is 17.0. The average molecular weight is 394 g/mol. The van der Waals surface area contributed by atoms with Crippen LogP contribution in [0.25, 0.3) is 5.82 Å². The van der Waals surface area contributed by atoms with Crippen LogP contribution >= 0.6 is 0 Å². The van der Waals surface area contributed by atoms with Gasteiger partial charge in [-0.05, 0) is 69.2 Å². The molecular weight excluding hydrogens is 368 g/mol. The molecule has 0 aliphatic heterocycles. The Balaban J connectivity index is 1.48. The van der Waals surface area contributed by atoms with Crippen molar-refractivity contribution in [1.29, 1.82) is 0 Å². The Morgan fingerprint density at radius 3 is 2.45 bits per heavy atom. The maximum atomic E-state index is 12.1. The summed E-state index contributed by atoms with van der Waals surface area (Å²) in [6.07, 6.45) is 2.44. The van der Waals surface area contributed by atoms with Crippen molar-refractivity contribution >= 4 is 5.91 Å². The fraction of sp³-hybridized carbons (Fsp3) is 0.318. The minimum Gasteiger partial charge on any atom is -0.494 e. The van der Waals surface area contributed by atoms with Gasteiger partial charge in [0.1, 0.15) is 11.5 Å². The van der Waals surface area contributed by atoms with Gasteiger partial charge in [-0.15, -0.1) is 0 Å². The number of hydrogen-bond acceptors (Lipinski definition) is 5. The van der Waals surface area contributed by atoms with E-state index in [2.05, 4.69) is 15.4 Å². The summed E-state index contributed by atoms with van der Waals surface area (Å²) < 4.78 is 12.7. The van der Waals surface area contributed by atoms with Crippen molar-refractivity contribution in [2.24, 2.45) is 0 Å². The lowest BCUT2D eigenvalue weighted by atomic mass is 10.1. The van der Waals surface area contributed by atoms with Crippen molar-refractivity contribution in [2.45, 2.75) is 27.2 Å². The third-order valence-corrected chi connectivity index (χ3v) is 4.51. The Hall–Kier alpha value is -3.35. The molecule has 29 heavy (non-hydrogen) atoms. The molecule has 0 unspecified atom stereocenters. The monoisotopic (exact) mass is 394 g/mol. The van der Waals surface area contributed by atoms with Gasteiger partial charge in [-0.25, -0.2) is 9.67 Å². The molecule has 0 fully saturated rings. The van der Waals surface area contributed by atoms with E-state index in [1.807, 2.05) is 55.8 Å². The van der Waals surface area contributed by atoms with Crippen LogP contribution in [0.5, 0.6) is 11.5 Å². The first-order chi connectivity index (χ1) is 14.1. The average Bonchev–Trinajstić information content (AvgIpc) is 3.02. The second-order valence-electron chi connectivity index (χ2n) is 6.54. The molecule has 2 aromatic heterocycles. The maximum Gasteiger partial charge on any atom is 0.257 e. The molecule has 0 saturated heterocycles. The molecular formula is C22H26N4O3. The molecule has 1 N–H and O–H groups in total. The van der Waals surface area contributed by atoms with Crippen LogP contribution in [0.1, 0.15) is 23.9 Å².